The lowest BCUT2D eigenvalue weighted by molar-refractivity contribution is -0.146. The summed E-state index contributed by atoms with van der Waals surface area (Å²) in [7, 11) is 5.93. The standard InChI is InChI=1S/C14H27NO6/c1-18-9-6-12(14(17)21-4)11-15(8-10-19-2)7-5-13(16)20-3/h12H,5-11H2,1-4H3. The lowest BCUT2D eigenvalue weighted by atomic mass is 10.1. The molecule has 0 saturated heterocycles. The van der Waals surface area contributed by atoms with Gasteiger partial charge in [-0.2, -0.15) is 0 Å². The molecule has 7 heteroatoms. The van der Waals surface area contributed by atoms with Crippen molar-refractivity contribution in [1.29, 1.82) is 0 Å². The van der Waals surface area contributed by atoms with E-state index in [1.54, 1.807) is 14.2 Å². The summed E-state index contributed by atoms with van der Waals surface area (Å²) in [5.41, 5.74) is 0. The van der Waals surface area contributed by atoms with Crippen LogP contribution in [-0.4, -0.2) is 78.1 Å². The Morgan fingerprint density at radius 2 is 1.62 bits per heavy atom. The number of rotatable bonds is 12. The van der Waals surface area contributed by atoms with Gasteiger partial charge in [-0.05, 0) is 6.42 Å². The van der Waals surface area contributed by atoms with Crippen molar-refractivity contribution in [2.75, 3.05) is 61.3 Å². The largest absolute Gasteiger partial charge is 0.469 e. The Bertz CT molecular complexity index is 297. The summed E-state index contributed by atoms with van der Waals surface area (Å²) in [5, 5.41) is 0. The maximum Gasteiger partial charge on any atom is 0.310 e. The van der Waals surface area contributed by atoms with Gasteiger partial charge in [0.2, 0.25) is 0 Å². The van der Waals surface area contributed by atoms with Crippen LogP contribution in [0.4, 0.5) is 0 Å². The minimum atomic E-state index is -0.288. The first-order valence-corrected chi connectivity index (χ1v) is 6.93. The van der Waals surface area contributed by atoms with Crippen molar-refractivity contribution in [3.63, 3.8) is 0 Å². The van der Waals surface area contributed by atoms with Crippen molar-refractivity contribution in [1.82, 2.24) is 4.90 Å². The quantitative estimate of drug-likeness (QED) is 0.481. The Hall–Kier alpha value is -1.18. The average Bonchev–Trinajstić information content (AvgIpc) is 2.51. The van der Waals surface area contributed by atoms with Crippen LogP contribution in [0.1, 0.15) is 12.8 Å². The molecule has 21 heavy (non-hydrogen) atoms. The fraction of sp³-hybridized carbons (Fsp3) is 0.857. The van der Waals surface area contributed by atoms with Gasteiger partial charge >= 0.3 is 11.9 Å². The zero-order valence-electron chi connectivity index (χ0n) is 13.4. The Morgan fingerprint density at radius 3 is 2.14 bits per heavy atom. The molecule has 0 N–H and O–H groups in total. The molecule has 0 fully saturated rings. The highest BCUT2D eigenvalue weighted by Gasteiger charge is 2.22. The van der Waals surface area contributed by atoms with Gasteiger partial charge in [0.15, 0.2) is 0 Å². The molecule has 124 valence electrons. The second-order valence-electron chi connectivity index (χ2n) is 4.62. The minimum absolute atomic E-state index is 0.271. The Labute approximate surface area is 126 Å². The van der Waals surface area contributed by atoms with E-state index in [-0.39, 0.29) is 24.3 Å². The average molecular weight is 305 g/mol. The molecule has 0 bridgehead atoms. The number of carbonyl (C=O) groups is 2. The third-order valence-corrected chi connectivity index (χ3v) is 3.16. The van der Waals surface area contributed by atoms with Crippen LogP contribution in [0.2, 0.25) is 0 Å². The number of carbonyl (C=O) groups excluding carboxylic acids is 2. The Kier molecular flexibility index (Phi) is 11.8. The Morgan fingerprint density at radius 1 is 0.952 bits per heavy atom. The molecular formula is C14H27NO6. The second-order valence-corrected chi connectivity index (χ2v) is 4.62. The summed E-state index contributed by atoms with van der Waals surface area (Å²) < 4.78 is 19.5. The molecule has 1 unspecified atom stereocenters. The topological polar surface area (TPSA) is 74.3 Å². The van der Waals surface area contributed by atoms with Crippen LogP contribution >= 0.6 is 0 Å². The first-order chi connectivity index (χ1) is 10.1. The van der Waals surface area contributed by atoms with E-state index in [2.05, 4.69) is 4.74 Å². The highest BCUT2D eigenvalue weighted by Crippen LogP contribution is 2.09. The molecule has 0 aromatic rings. The van der Waals surface area contributed by atoms with Crippen molar-refractivity contribution < 1.29 is 28.5 Å². The number of nitrogens with zero attached hydrogens (tertiary/aromatic N) is 1. The van der Waals surface area contributed by atoms with E-state index >= 15 is 0 Å². The van der Waals surface area contributed by atoms with Crippen molar-refractivity contribution >= 4 is 11.9 Å². The predicted octanol–water partition coefficient (Wildman–Crippen LogP) is 0.324. The van der Waals surface area contributed by atoms with E-state index in [0.717, 1.165) is 0 Å². The SMILES string of the molecule is COCCC(CN(CCOC)CCC(=O)OC)C(=O)OC. The molecule has 0 aromatic heterocycles. The van der Waals surface area contributed by atoms with Crippen molar-refractivity contribution in [2.24, 2.45) is 5.92 Å². The summed E-state index contributed by atoms with van der Waals surface area (Å²) in [6, 6.07) is 0. The highest BCUT2D eigenvalue weighted by molar-refractivity contribution is 5.72. The molecular weight excluding hydrogens is 278 g/mol. The Balaban J connectivity index is 4.53. The summed E-state index contributed by atoms with van der Waals surface area (Å²) in [4.78, 5) is 25.0. The molecule has 0 radical (unpaired) electrons. The molecule has 1 atom stereocenters. The van der Waals surface area contributed by atoms with Gasteiger partial charge in [-0.25, -0.2) is 0 Å². The van der Waals surface area contributed by atoms with Gasteiger partial charge < -0.3 is 18.9 Å². The maximum absolute atomic E-state index is 11.8. The van der Waals surface area contributed by atoms with Crippen LogP contribution in [-0.2, 0) is 28.5 Å². The van der Waals surface area contributed by atoms with Crippen LogP contribution in [0.3, 0.4) is 0 Å². The van der Waals surface area contributed by atoms with E-state index in [9.17, 15) is 9.59 Å². The number of ether oxygens (including phenoxy) is 4. The fourth-order valence-corrected chi connectivity index (χ4v) is 1.89. The molecule has 0 aromatic carbocycles. The van der Waals surface area contributed by atoms with E-state index in [4.69, 9.17) is 14.2 Å². The molecule has 0 rings (SSSR count). The van der Waals surface area contributed by atoms with Crippen molar-refractivity contribution in [3.05, 3.63) is 0 Å². The van der Waals surface area contributed by atoms with Gasteiger partial charge in [0.25, 0.3) is 0 Å². The van der Waals surface area contributed by atoms with Gasteiger partial charge in [0, 0.05) is 40.5 Å². The third kappa shape index (κ3) is 9.38. The van der Waals surface area contributed by atoms with Gasteiger partial charge in [-0.15, -0.1) is 0 Å². The van der Waals surface area contributed by atoms with Crippen LogP contribution in [0, 0.1) is 5.92 Å². The molecule has 0 spiro atoms. The molecule has 0 amide bonds. The lowest BCUT2D eigenvalue weighted by Crippen LogP contribution is -2.37. The van der Waals surface area contributed by atoms with Crippen LogP contribution in [0.25, 0.3) is 0 Å². The first-order valence-electron chi connectivity index (χ1n) is 6.93. The van der Waals surface area contributed by atoms with Gasteiger partial charge in [-0.1, -0.05) is 0 Å². The normalized spacial score (nSPS) is 12.2. The van der Waals surface area contributed by atoms with Gasteiger partial charge in [0.1, 0.15) is 0 Å². The van der Waals surface area contributed by atoms with E-state index in [1.165, 1.54) is 14.2 Å². The number of hydrogen-bond donors (Lipinski definition) is 0. The number of esters is 2. The third-order valence-electron chi connectivity index (χ3n) is 3.16. The van der Waals surface area contributed by atoms with Crippen LogP contribution in [0.15, 0.2) is 0 Å². The number of methoxy groups -OCH3 is 4. The van der Waals surface area contributed by atoms with Gasteiger partial charge in [0.05, 0.1) is 33.2 Å². The van der Waals surface area contributed by atoms with Crippen LogP contribution in [0.5, 0.6) is 0 Å². The smallest absolute Gasteiger partial charge is 0.310 e. The lowest BCUT2D eigenvalue weighted by Gasteiger charge is -2.25. The van der Waals surface area contributed by atoms with Crippen LogP contribution < -0.4 is 0 Å². The summed E-state index contributed by atoms with van der Waals surface area (Å²) in [6.45, 7) is 2.65. The highest BCUT2D eigenvalue weighted by atomic mass is 16.5. The monoisotopic (exact) mass is 305 g/mol. The molecule has 0 aliphatic carbocycles. The molecule has 0 aliphatic heterocycles. The maximum atomic E-state index is 11.8. The van der Waals surface area contributed by atoms with Crippen molar-refractivity contribution in [3.8, 4) is 0 Å². The number of hydrogen-bond acceptors (Lipinski definition) is 7. The van der Waals surface area contributed by atoms with E-state index in [1.807, 2.05) is 4.90 Å². The zero-order chi connectivity index (χ0) is 16.1. The molecule has 0 heterocycles. The second kappa shape index (κ2) is 12.6. The molecule has 7 nitrogen and oxygen atoms in total. The summed E-state index contributed by atoms with van der Waals surface area (Å²) in [6.07, 6.45) is 0.850. The molecule has 0 saturated carbocycles. The summed E-state index contributed by atoms with van der Waals surface area (Å²) >= 11 is 0. The predicted molar refractivity (Wildman–Crippen MR) is 76.9 cm³/mol. The van der Waals surface area contributed by atoms with E-state index in [0.29, 0.717) is 39.3 Å². The molecule has 0 aliphatic rings. The zero-order valence-corrected chi connectivity index (χ0v) is 13.4. The first kappa shape index (κ1) is 19.8. The fourth-order valence-electron chi connectivity index (χ4n) is 1.89. The van der Waals surface area contributed by atoms with Gasteiger partial charge in [-0.3, -0.25) is 14.5 Å². The van der Waals surface area contributed by atoms with Crippen molar-refractivity contribution in [2.45, 2.75) is 12.8 Å². The summed E-state index contributed by atoms with van der Waals surface area (Å²) in [5.74, 6) is -0.832. The van der Waals surface area contributed by atoms with E-state index < -0.39 is 0 Å². The minimum Gasteiger partial charge on any atom is -0.469 e.